The van der Waals surface area contributed by atoms with Gasteiger partial charge in [0.2, 0.25) is 0 Å². The molecule has 4 heteroatoms. The molecule has 0 spiro atoms. The van der Waals surface area contributed by atoms with Crippen LogP contribution in [-0.4, -0.2) is 41.4 Å². The lowest BCUT2D eigenvalue weighted by Crippen LogP contribution is -2.22. The van der Waals surface area contributed by atoms with E-state index in [1.807, 2.05) is 12.1 Å². The van der Waals surface area contributed by atoms with E-state index in [1.54, 1.807) is 0 Å². The molecular formula is C17H25NO2S. The Balaban J connectivity index is 1.90. The standard InChI is InChI=1S/C17H25NO2S/c1-13-17(2,3)15-12-14(6-7-16(15)18-13)20-9-5-10-21(4)11-8-19/h6-7,12,19H,4-5,8-11H2,1-3H3. The molecule has 0 saturated carbocycles. The van der Waals surface area contributed by atoms with Crippen molar-refractivity contribution in [2.24, 2.45) is 4.99 Å². The number of benzene rings is 1. The van der Waals surface area contributed by atoms with Gasteiger partial charge in [-0.1, -0.05) is 19.7 Å². The maximum absolute atomic E-state index is 8.86. The van der Waals surface area contributed by atoms with Crippen LogP contribution in [0.4, 0.5) is 5.69 Å². The fourth-order valence-corrected chi connectivity index (χ4v) is 3.39. The molecule has 1 aliphatic rings. The maximum Gasteiger partial charge on any atom is 0.119 e. The second-order valence-corrected chi connectivity index (χ2v) is 7.99. The minimum atomic E-state index is -0.00432. The Hall–Kier alpha value is -1.13. The molecule has 1 aromatic carbocycles. The van der Waals surface area contributed by atoms with Crippen molar-refractivity contribution in [2.45, 2.75) is 32.6 Å². The monoisotopic (exact) mass is 307 g/mol. The molecule has 0 aromatic heterocycles. The average Bonchev–Trinajstić information content (AvgIpc) is 2.66. The van der Waals surface area contributed by atoms with E-state index in [9.17, 15) is 0 Å². The summed E-state index contributed by atoms with van der Waals surface area (Å²) in [5.74, 6) is 6.77. The zero-order valence-electron chi connectivity index (χ0n) is 13.2. The average molecular weight is 307 g/mol. The lowest BCUT2D eigenvalue weighted by atomic mass is 9.82. The zero-order valence-corrected chi connectivity index (χ0v) is 14.0. The van der Waals surface area contributed by atoms with Crippen LogP contribution in [0.15, 0.2) is 23.2 Å². The van der Waals surface area contributed by atoms with Gasteiger partial charge in [0.1, 0.15) is 5.75 Å². The minimum Gasteiger partial charge on any atom is -0.494 e. The van der Waals surface area contributed by atoms with Gasteiger partial charge >= 0.3 is 0 Å². The van der Waals surface area contributed by atoms with E-state index in [1.165, 1.54) is 5.56 Å². The van der Waals surface area contributed by atoms with E-state index >= 15 is 0 Å². The number of hydrogen-bond acceptors (Lipinski definition) is 3. The largest absolute Gasteiger partial charge is 0.494 e. The van der Waals surface area contributed by atoms with Crippen LogP contribution in [0.25, 0.3) is 0 Å². The number of aliphatic imine (C=N–C) groups is 1. The molecule has 0 amide bonds. The van der Waals surface area contributed by atoms with Crippen molar-refractivity contribution in [1.82, 2.24) is 0 Å². The number of aliphatic hydroxyl groups excluding tert-OH is 1. The third-order valence-corrected chi connectivity index (χ3v) is 5.69. The van der Waals surface area contributed by atoms with E-state index in [0.717, 1.165) is 35.1 Å². The van der Waals surface area contributed by atoms with Gasteiger partial charge in [-0.3, -0.25) is 4.99 Å². The molecule has 1 aliphatic heterocycles. The molecule has 0 aliphatic carbocycles. The van der Waals surface area contributed by atoms with Crippen molar-refractivity contribution < 1.29 is 9.84 Å². The summed E-state index contributed by atoms with van der Waals surface area (Å²) in [6.45, 7) is 7.41. The van der Waals surface area contributed by atoms with Crippen LogP contribution in [0.3, 0.4) is 0 Å². The molecule has 1 atom stereocenters. The quantitative estimate of drug-likeness (QED) is 0.618. The molecule has 2 rings (SSSR count). The molecule has 1 heterocycles. The first-order valence-electron chi connectivity index (χ1n) is 7.36. The van der Waals surface area contributed by atoms with Crippen LogP contribution in [0.1, 0.15) is 32.8 Å². The first-order valence-corrected chi connectivity index (χ1v) is 9.09. The Bertz CT molecular complexity index is 564. The van der Waals surface area contributed by atoms with Gasteiger partial charge in [-0.05, 0) is 42.9 Å². The Labute approximate surface area is 130 Å². The maximum atomic E-state index is 8.86. The highest BCUT2D eigenvalue weighted by atomic mass is 32.2. The van der Waals surface area contributed by atoms with Crippen molar-refractivity contribution >= 4 is 27.8 Å². The van der Waals surface area contributed by atoms with Crippen LogP contribution >= 0.6 is 10.5 Å². The molecule has 1 unspecified atom stereocenters. The minimum absolute atomic E-state index is 0.00432. The van der Waals surface area contributed by atoms with Crippen molar-refractivity contribution in [1.29, 1.82) is 0 Å². The van der Waals surface area contributed by atoms with Gasteiger partial charge in [0, 0.05) is 16.9 Å². The molecule has 0 saturated heterocycles. The van der Waals surface area contributed by atoms with Crippen LogP contribution in [0, 0.1) is 0 Å². The first kappa shape index (κ1) is 16.2. The van der Waals surface area contributed by atoms with E-state index in [0.29, 0.717) is 6.61 Å². The van der Waals surface area contributed by atoms with Gasteiger partial charge in [0.25, 0.3) is 0 Å². The smallest absolute Gasteiger partial charge is 0.119 e. The Morgan fingerprint density at radius 3 is 2.81 bits per heavy atom. The molecule has 3 nitrogen and oxygen atoms in total. The third kappa shape index (κ3) is 3.74. The summed E-state index contributed by atoms with van der Waals surface area (Å²) in [6.07, 6.45) is 0.975. The van der Waals surface area contributed by atoms with Gasteiger partial charge in [-0.2, -0.15) is 10.5 Å². The van der Waals surface area contributed by atoms with Gasteiger partial charge < -0.3 is 9.84 Å². The number of fused-ring (bicyclic) bond motifs is 1. The summed E-state index contributed by atoms with van der Waals surface area (Å²) < 4.78 is 5.85. The van der Waals surface area contributed by atoms with Crippen molar-refractivity contribution in [3.8, 4) is 5.75 Å². The molecule has 1 aromatic rings. The molecule has 1 N–H and O–H groups in total. The lowest BCUT2D eigenvalue weighted by Gasteiger charge is -2.20. The number of hydrogen-bond donors (Lipinski definition) is 1. The summed E-state index contributed by atoms with van der Waals surface area (Å²) in [5.41, 5.74) is 3.46. The van der Waals surface area contributed by atoms with E-state index in [-0.39, 0.29) is 22.5 Å². The fourth-order valence-electron chi connectivity index (χ4n) is 2.40. The second-order valence-electron chi connectivity index (χ2n) is 5.95. The van der Waals surface area contributed by atoms with E-state index in [4.69, 9.17) is 9.84 Å². The highest BCUT2D eigenvalue weighted by molar-refractivity contribution is 8.14. The predicted molar refractivity (Wildman–Crippen MR) is 93.9 cm³/mol. The normalized spacial score (nSPS) is 17.2. The van der Waals surface area contributed by atoms with Crippen LogP contribution in [0.2, 0.25) is 0 Å². The van der Waals surface area contributed by atoms with Gasteiger partial charge in [-0.25, -0.2) is 0 Å². The molecule has 0 fully saturated rings. The molecule has 0 radical (unpaired) electrons. The Morgan fingerprint density at radius 1 is 1.33 bits per heavy atom. The number of ether oxygens (including phenoxy) is 1. The van der Waals surface area contributed by atoms with Crippen molar-refractivity contribution in [3.05, 3.63) is 23.8 Å². The highest BCUT2D eigenvalue weighted by Crippen LogP contribution is 2.41. The molecular weight excluding hydrogens is 282 g/mol. The van der Waals surface area contributed by atoms with Crippen LogP contribution in [0.5, 0.6) is 5.75 Å². The zero-order chi connectivity index (χ0) is 15.5. The molecule has 116 valence electrons. The highest BCUT2D eigenvalue weighted by Gasteiger charge is 2.32. The van der Waals surface area contributed by atoms with Crippen molar-refractivity contribution in [3.63, 3.8) is 0 Å². The topological polar surface area (TPSA) is 41.8 Å². The Morgan fingerprint density at radius 2 is 2.10 bits per heavy atom. The first-order chi connectivity index (χ1) is 9.95. The Kier molecular flexibility index (Phi) is 5.22. The summed E-state index contributed by atoms with van der Waals surface area (Å²) in [7, 11) is 0.0569. The van der Waals surface area contributed by atoms with Gasteiger partial charge in [0.05, 0.1) is 18.9 Å². The second kappa shape index (κ2) is 6.75. The summed E-state index contributed by atoms with van der Waals surface area (Å²) >= 11 is 0. The number of rotatable bonds is 7. The lowest BCUT2D eigenvalue weighted by molar-refractivity contribution is 0.316. The van der Waals surface area contributed by atoms with Crippen LogP contribution in [-0.2, 0) is 5.41 Å². The van der Waals surface area contributed by atoms with Gasteiger partial charge in [0.15, 0.2) is 0 Å². The van der Waals surface area contributed by atoms with E-state index < -0.39 is 0 Å². The van der Waals surface area contributed by atoms with Gasteiger partial charge in [-0.15, -0.1) is 0 Å². The van der Waals surface area contributed by atoms with E-state index in [2.05, 4.69) is 37.7 Å². The van der Waals surface area contributed by atoms with Crippen molar-refractivity contribution in [2.75, 3.05) is 24.7 Å². The number of aliphatic hydroxyl groups is 1. The molecule has 0 bridgehead atoms. The van der Waals surface area contributed by atoms with Crippen LogP contribution < -0.4 is 4.74 Å². The summed E-state index contributed by atoms with van der Waals surface area (Å²) in [4.78, 5) is 4.62. The number of nitrogens with zero attached hydrogens (tertiary/aromatic N) is 1. The third-order valence-electron chi connectivity index (χ3n) is 4.06. The SMILES string of the molecule is C=S(CCO)CCCOc1ccc2c(c1)C(C)(C)C(C)=N2. The summed E-state index contributed by atoms with van der Waals surface area (Å²) in [5, 5.41) is 8.86. The molecule has 21 heavy (non-hydrogen) atoms. The fraction of sp³-hybridized carbons (Fsp3) is 0.529. The summed E-state index contributed by atoms with van der Waals surface area (Å²) in [6, 6.07) is 6.16. The predicted octanol–water partition coefficient (Wildman–Crippen LogP) is 3.53.